The van der Waals surface area contributed by atoms with Gasteiger partial charge in [0.05, 0.1) is 18.3 Å². The Bertz CT molecular complexity index is 860. The van der Waals surface area contributed by atoms with E-state index in [9.17, 15) is 23.1 Å². The summed E-state index contributed by atoms with van der Waals surface area (Å²) in [7, 11) is -3.73. The number of aldehydes is 1. The van der Waals surface area contributed by atoms with Crippen molar-refractivity contribution in [2.45, 2.75) is 46.5 Å². The second kappa shape index (κ2) is 5.91. The summed E-state index contributed by atoms with van der Waals surface area (Å²) in [4.78, 5) is 25.8. The van der Waals surface area contributed by atoms with E-state index in [-0.39, 0.29) is 30.3 Å². The lowest BCUT2D eigenvalue weighted by Gasteiger charge is -2.58. The first-order valence-corrected chi connectivity index (χ1v) is 12.0. The Morgan fingerprint density at radius 3 is 2.57 bits per heavy atom. The third kappa shape index (κ3) is 2.10. The first-order valence-electron chi connectivity index (χ1n) is 10.2. The van der Waals surface area contributed by atoms with E-state index in [2.05, 4.69) is 6.92 Å². The van der Waals surface area contributed by atoms with Gasteiger partial charge in [-0.05, 0) is 48.9 Å². The minimum Gasteiger partial charge on any atom is -0.481 e. The summed E-state index contributed by atoms with van der Waals surface area (Å²) in [6, 6.07) is 0. The molecular weight excluding hydrogens is 380 g/mol. The first kappa shape index (κ1) is 20.1. The molecule has 28 heavy (non-hydrogen) atoms. The number of hydrogen-bond acceptors (Lipinski definition) is 5. The van der Waals surface area contributed by atoms with E-state index >= 15 is 0 Å². The van der Waals surface area contributed by atoms with Gasteiger partial charge in [0.25, 0.3) is 10.1 Å². The van der Waals surface area contributed by atoms with Crippen LogP contribution < -0.4 is 0 Å². The van der Waals surface area contributed by atoms with Gasteiger partial charge < -0.3 is 9.90 Å². The molecule has 0 amide bonds. The van der Waals surface area contributed by atoms with Crippen LogP contribution in [0.5, 0.6) is 0 Å². The van der Waals surface area contributed by atoms with Crippen LogP contribution in [-0.2, 0) is 23.9 Å². The average Bonchev–Trinajstić information content (AvgIpc) is 3.16. The molecule has 4 bridgehead atoms. The fourth-order valence-electron chi connectivity index (χ4n) is 7.85. The van der Waals surface area contributed by atoms with Crippen LogP contribution in [0.2, 0.25) is 0 Å². The molecular formula is C21H30O6S. The molecule has 156 valence electrons. The minimum absolute atomic E-state index is 0.0336. The third-order valence-electron chi connectivity index (χ3n) is 8.65. The minimum atomic E-state index is -3.73. The van der Waals surface area contributed by atoms with E-state index in [1.807, 2.05) is 19.9 Å². The molecule has 3 fully saturated rings. The molecule has 0 aromatic carbocycles. The van der Waals surface area contributed by atoms with Crippen molar-refractivity contribution >= 4 is 22.4 Å². The highest BCUT2D eigenvalue weighted by atomic mass is 32.2. The largest absolute Gasteiger partial charge is 0.481 e. The van der Waals surface area contributed by atoms with Gasteiger partial charge in [-0.15, -0.1) is 0 Å². The number of fused-ring (bicyclic) bond motifs is 2. The molecule has 0 unspecified atom stereocenters. The number of carbonyl (C=O) groups excluding carboxylic acids is 1. The summed E-state index contributed by atoms with van der Waals surface area (Å²) >= 11 is 0. The van der Waals surface area contributed by atoms with Crippen LogP contribution in [0.1, 0.15) is 46.5 Å². The molecule has 0 aromatic rings. The summed E-state index contributed by atoms with van der Waals surface area (Å²) < 4.78 is 29.0. The lowest BCUT2D eigenvalue weighted by molar-refractivity contribution is -0.183. The zero-order valence-corrected chi connectivity index (χ0v) is 17.8. The zero-order valence-electron chi connectivity index (χ0n) is 17.0. The Morgan fingerprint density at radius 1 is 1.36 bits per heavy atom. The van der Waals surface area contributed by atoms with E-state index in [0.29, 0.717) is 18.8 Å². The van der Waals surface area contributed by atoms with Crippen molar-refractivity contribution in [1.82, 2.24) is 0 Å². The predicted octanol–water partition coefficient (Wildman–Crippen LogP) is 2.89. The standard InChI is InChI=1S/C21H30O6S/c1-12(2)17-7-14-8-19(10-22)16-6-5-13(3)15(16)9-20(14,11-27-28(4,25)26)21(17,19)18(23)24/h7,10,12-16H,5-6,8-9,11H2,1-4H3,(H,23,24)/t13-,14+,15-,16-,19-,20+,21+/m1/s1. The van der Waals surface area contributed by atoms with Crippen LogP contribution in [0.4, 0.5) is 0 Å². The third-order valence-corrected chi connectivity index (χ3v) is 9.20. The van der Waals surface area contributed by atoms with Gasteiger partial charge in [-0.2, -0.15) is 8.42 Å². The van der Waals surface area contributed by atoms with Gasteiger partial charge >= 0.3 is 5.97 Å². The molecule has 6 nitrogen and oxygen atoms in total. The molecule has 0 spiro atoms. The second-order valence-electron chi connectivity index (χ2n) is 9.95. The van der Waals surface area contributed by atoms with Crippen molar-refractivity contribution in [2.24, 2.45) is 45.8 Å². The van der Waals surface area contributed by atoms with E-state index in [1.54, 1.807) is 0 Å². The van der Waals surface area contributed by atoms with Gasteiger partial charge in [0.15, 0.2) is 0 Å². The molecule has 4 aliphatic rings. The van der Waals surface area contributed by atoms with E-state index in [1.165, 1.54) is 0 Å². The molecule has 0 heterocycles. The molecule has 0 radical (unpaired) electrons. The topological polar surface area (TPSA) is 97.7 Å². The van der Waals surface area contributed by atoms with Gasteiger partial charge in [0, 0.05) is 5.41 Å². The molecule has 7 atom stereocenters. The molecule has 0 saturated heterocycles. The van der Waals surface area contributed by atoms with Gasteiger partial charge in [-0.1, -0.05) is 38.8 Å². The molecule has 0 aromatic heterocycles. The Balaban J connectivity index is 1.98. The predicted molar refractivity (Wildman–Crippen MR) is 103 cm³/mol. The number of aliphatic carboxylic acids is 1. The summed E-state index contributed by atoms with van der Waals surface area (Å²) in [5.74, 6) is -0.511. The monoisotopic (exact) mass is 410 g/mol. The molecule has 0 aliphatic heterocycles. The number of carboxylic acids is 1. The maximum absolute atomic E-state index is 13.1. The number of rotatable bonds is 6. The number of carbonyl (C=O) groups is 2. The van der Waals surface area contributed by atoms with Crippen LogP contribution in [0, 0.1) is 45.8 Å². The lowest BCUT2D eigenvalue weighted by Crippen LogP contribution is -2.63. The number of carboxylic acid groups (broad SMARTS) is 1. The fraction of sp³-hybridized carbons (Fsp3) is 0.810. The van der Waals surface area contributed by atoms with Crippen molar-refractivity contribution in [3.63, 3.8) is 0 Å². The van der Waals surface area contributed by atoms with Crippen LogP contribution in [0.25, 0.3) is 0 Å². The summed E-state index contributed by atoms with van der Waals surface area (Å²) in [5.41, 5.74) is -2.45. The van der Waals surface area contributed by atoms with Crippen molar-refractivity contribution < 1.29 is 27.3 Å². The van der Waals surface area contributed by atoms with Crippen LogP contribution >= 0.6 is 0 Å². The molecule has 3 saturated carbocycles. The van der Waals surface area contributed by atoms with E-state index < -0.39 is 32.3 Å². The quantitative estimate of drug-likeness (QED) is 0.411. The average molecular weight is 411 g/mol. The first-order chi connectivity index (χ1) is 13.0. The van der Waals surface area contributed by atoms with Gasteiger partial charge in [-0.3, -0.25) is 8.98 Å². The van der Waals surface area contributed by atoms with Gasteiger partial charge in [-0.25, -0.2) is 0 Å². The van der Waals surface area contributed by atoms with Crippen LogP contribution in [0.3, 0.4) is 0 Å². The highest BCUT2D eigenvalue weighted by Crippen LogP contribution is 2.82. The summed E-state index contributed by atoms with van der Waals surface area (Å²) in [5, 5.41) is 10.7. The Labute approximate surface area is 166 Å². The van der Waals surface area contributed by atoms with E-state index in [0.717, 1.165) is 31.0 Å². The van der Waals surface area contributed by atoms with Gasteiger partial charge in [0.2, 0.25) is 0 Å². The Hall–Kier alpha value is -1.21. The zero-order chi connectivity index (χ0) is 20.7. The highest BCUT2D eigenvalue weighted by molar-refractivity contribution is 7.85. The van der Waals surface area contributed by atoms with Gasteiger partial charge in [0.1, 0.15) is 11.7 Å². The van der Waals surface area contributed by atoms with Crippen molar-refractivity contribution in [2.75, 3.05) is 12.9 Å². The van der Waals surface area contributed by atoms with Crippen LogP contribution in [0.15, 0.2) is 11.6 Å². The molecule has 4 rings (SSSR count). The maximum atomic E-state index is 13.1. The SMILES string of the molecule is CC(C)C1=C[C@H]2C[C@@]3(C=O)[C@@H]4CC[C@@H](C)[C@H]4C[C@@]2(COS(C)(=O)=O)[C@]13C(=O)O. The second-order valence-corrected chi connectivity index (χ2v) is 11.6. The lowest BCUT2D eigenvalue weighted by atomic mass is 9.43. The maximum Gasteiger partial charge on any atom is 0.315 e. The van der Waals surface area contributed by atoms with E-state index in [4.69, 9.17) is 4.18 Å². The molecule has 7 heteroatoms. The summed E-state index contributed by atoms with van der Waals surface area (Å²) in [6.45, 7) is 5.93. The normalized spacial score (nSPS) is 46.5. The Kier molecular flexibility index (Phi) is 4.24. The fourth-order valence-corrected chi connectivity index (χ4v) is 8.27. The Morgan fingerprint density at radius 2 is 2.04 bits per heavy atom. The number of hydrogen-bond donors (Lipinski definition) is 1. The smallest absolute Gasteiger partial charge is 0.315 e. The summed E-state index contributed by atoms with van der Waals surface area (Å²) in [6.07, 6.45) is 6.91. The highest BCUT2D eigenvalue weighted by Gasteiger charge is 2.84. The number of allylic oxidation sites excluding steroid dienone is 1. The van der Waals surface area contributed by atoms with Crippen molar-refractivity contribution in [1.29, 1.82) is 0 Å². The van der Waals surface area contributed by atoms with Crippen LogP contribution in [-0.4, -0.2) is 38.6 Å². The van der Waals surface area contributed by atoms with Crippen molar-refractivity contribution in [3.05, 3.63) is 11.6 Å². The molecule has 4 aliphatic carbocycles. The van der Waals surface area contributed by atoms with Crippen molar-refractivity contribution in [3.8, 4) is 0 Å². The molecule has 1 N–H and O–H groups in total.